The number of pyridine rings is 1. The molecular weight excluding hydrogens is 180 g/mol. The lowest BCUT2D eigenvalue weighted by molar-refractivity contribution is 0.150. The summed E-state index contributed by atoms with van der Waals surface area (Å²) in [6.07, 6.45) is -1.64. The number of anilines is 1. The van der Waals surface area contributed by atoms with Crippen molar-refractivity contribution in [3.63, 3.8) is 0 Å². The lowest BCUT2D eigenvalue weighted by Crippen LogP contribution is -2.20. The number of hydrogen-bond acceptors (Lipinski definition) is 3. The minimum Gasteiger partial charge on any atom is -0.385 e. The highest BCUT2D eigenvalue weighted by Gasteiger charge is 2.17. The number of alkyl halides is 2. The summed E-state index contributed by atoms with van der Waals surface area (Å²) in [5.74, 6) is -0.308. The highest BCUT2D eigenvalue weighted by molar-refractivity contribution is 5.41. The number of hydrogen-bond donors (Lipinski definition) is 3. The smallest absolute Gasteiger partial charge is 0.271 e. The Hall–Kier alpha value is -1.43. The maximum Gasteiger partial charge on any atom is 0.271 e. The number of nitrogen functional groups attached to an aromatic ring is 1. The summed E-state index contributed by atoms with van der Waals surface area (Å²) < 4.78 is 24.5. The van der Waals surface area contributed by atoms with Crippen LogP contribution in [0.25, 0.3) is 0 Å². The van der Waals surface area contributed by atoms with Crippen LogP contribution in [0.15, 0.2) is 11.0 Å². The van der Waals surface area contributed by atoms with Crippen LogP contribution in [-0.2, 0) is 6.54 Å². The molecule has 0 radical (unpaired) electrons. The Bertz CT molecular complexity index is 361. The Morgan fingerprint density at radius 1 is 1.54 bits per heavy atom. The van der Waals surface area contributed by atoms with Gasteiger partial charge in [0.2, 0.25) is 0 Å². The first-order valence-electron chi connectivity index (χ1n) is 3.56. The number of nitrogens with two attached hydrogens (primary N) is 2. The van der Waals surface area contributed by atoms with Crippen LogP contribution in [0.4, 0.5) is 14.6 Å². The highest BCUT2D eigenvalue weighted by Crippen LogP contribution is 2.19. The maximum atomic E-state index is 12.3. The second-order valence-electron chi connectivity index (χ2n) is 2.48. The van der Waals surface area contributed by atoms with Crippen molar-refractivity contribution in [1.82, 2.24) is 4.98 Å². The van der Waals surface area contributed by atoms with E-state index < -0.39 is 17.4 Å². The summed E-state index contributed by atoms with van der Waals surface area (Å²) in [4.78, 5) is 13.6. The average Bonchev–Trinajstić information content (AvgIpc) is 2.04. The second-order valence-corrected chi connectivity index (χ2v) is 2.48. The van der Waals surface area contributed by atoms with E-state index in [0.29, 0.717) is 0 Å². The van der Waals surface area contributed by atoms with Gasteiger partial charge in [-0.3, -0.25) is 4.79 Å². The fourth-order valence-corrected chi connectivity index (χ4v) is 0.972. The minimum absolute atomic E-state index is 0.0880. The molecule has 0 fully saturated rings. The maximum absolute atomic E-state index is 12.3. The molecule has 5 N–H and O–H groups in total. The molecule has 0 saturated heterocycles. The molecule has 13 heavy (non-hydrogen) atoms. The summed E-state index contributed by atoms with van der Waals surface area (Å²) in [5, 5.41) is 0. The molecule has 4 nitrogen and oxygen atoms in total. The van der Waals surface area contributed by atoms with E-state index in [-0.39, 0.29) is 17.9 Å². The van der Waals surface area contributed by atoms with Crippen molar-refractivity contribution in [2.75, 3.05) is 5.73 Å². The first kappa shape index (κ1) is 9.66. The molecular formula is C7H9F2N3O. The molecule has 0 bridgehead atoms. The molecule has 0 aliphatic carbocycles. The third kappa shape index (κ3) is 1.67. The number of nitrogens with one attached hydrogen (secondary N) is 1. The lowest BCUT2D eigenvalue weighted by Gasteiger charge is -2.04. The molecule has 0 amide bonds. The zero-order valence-electron chi connectivity index (χ0n) is 6.68. The SMILES string of the molecule is NCc1c[nH]c(N)c(C(F)F)c1=O. The van der Waals surface area contributed by atoms with Gasteiger partial charge in [0, 0.05) is 18.3 Å². The van der Waals surface area contributed by atoms with E-state index in [9.17, 15) is 13.6 Å². The first-order valence-corrected chi connectivity index (χ1v) is 3.56. The standard InChI is InChI=1S/C7H9F2N3O/c8-6(9)4-5(13)3(1-10)2-12-7(4)11/h2,6H,1,10H2,(H3,11,12,13). The largest absolute Gasteiger partial charge is 0.385 e. The summed E-state index contributed by atoms with van der Waals surface area (Å²) >= 11 is 0. The Balaban J connectivity index is 3.39. The van der Waals surface area contributed by atoms with E-state index in [2.05, 4.69) is 4.98 Å². The molecule has 72 valence electrons. The summed E-state index contributed by atoms with van der Waals surface area (Å²) in [7, 11) is 0. The molecule has 0 aliphatic rings. The number of halogens is 2. The van der Waals surface area contributed by atoms with E-state index >= 15 is 0 Å². The van der Waals surface area contributed by atoms with Gasteiger partial charge in [0.15, 0.2) is 5.43 Å². The van der Waals surface area contributed by atoms with Gasteiger partial charge in [-0.25, -0.2) is 8.78 Å². The molecule has 0 spiro atoms. The van der Waals surface area contributed by atoms with Crippen LogP contribution in [0.2, 0.25) is 0 Å². The number of rotatable bonds is 2. The van der Waals surface area contributed by atoms with Crippen molar-refractivity contribution < 1.29 is 8.78 Å². The van der Waals surface area contributed by atoms with Crippen LogP contribution in [0.5, 0.6) is 0 Å². The monoisotopic (exact) mass is 189 g/mol. The number of aromatic nitrogens is 1. The van der Waals surface area contributed by atoms with Crippen molar-refractivity contribution in [2.24, 2.45) is 5.73 Å². The fourth-order valence-electron chi connectivity index (χ4n) is 0.972. The summed E-state index contributed by atoms with van der Waals surface area (Å²) in [6.45, 7) is -0.0880. The molecule has 0 atom stereocenters. The van der Waals surface area contributed by atoms with E-state index in [0.717, 1.165) is 0 Å². The Morgan fingerprint density at radius 2 is 2.15 bits per heavy atom. The van der Waals surface area contributed by atoms with E-state index in [1.54, 1.807) is 0 Å². The van der Waals surface area contributed by atoms with E-state index in [4.69, 9.17) is 11.5 Å². The number of aromatic amines is 1. The van der Waals surface area contributed by atoms with Crippen molar-refractivity contribution in [3.05, 3.63) is 27.5 Å². The van der Waals surface area contributed by atoms with Crippen LogP contribution in [0.1, 0.15) is 17.6 Å². The van der Waals surface area contributed by atoms with Crippen molar-refractivity contribution in [2.45, 2.75) is 13.0 Å². The fraction of sp³-hybridized carbons (Fsp3) is 0.286. The molecule has 0 saturated carbocycles. The second kappa shape index (κ2) is 3.53. The predicted molar refractivity (Wildman–Crippen MR) is 44.3 cm³/mol. The Labute approximate surface area is 72.6 Å². The van der Waals surface area contributed by atoms with Crippen LogP contribution >= 0.6 is 0 Å². The molecule has 1 aromatic rings. The van der Waals surface area contributed by atoms with Gasteiger partial charge in [-0.2, -0.15) is 0 Å². The van der Waals surface area contributed by atoms with Gasteiger partial charge in [0.1, 0.15) is 11.4 Å². The highest BCUT2D eigenvalue weighted by atomic mass is 19.3. The van der Waals surface area contributed by atoms with Gasteiger partial charge >= 0.3 is 0 Å². The molecule has 1 heterocycles. The summed E-state index contributed by atoms with van der Waals surface area (Å²) in [6, 6.07) is 0. The third-order valence-electron chi connectivity index (χ3n) is 1.67. The Morgan fingerprint density at radius 3 is 2.62 bits per heavy atom. The van der Waals surface area contributed by atoms with Gasteiger partial charge in [0.25, 0.3) is 6.43 Å². The van der Waals surface area contributed by atoms with Crippen molar-refractivity contribution in [1.29, 1.82) is 0 Å². The van der Waals surface area contributed by atoms with Crippen molar-refractivity contribution in [3.8, 4) is 0 Å². The average molecular weight is 189 g/mol. The first-order chi connectivity index (χ1) is 6.07. The molecule has 0 aliphatic heterocycles. The normalized spacial score (nSPS) is 10.8. The van der Waals surface area contributed by atoms with Crippen LogP contribution in [0.3, 0.4) is 0 Å². The quantitative estimate of drug-likeness (QED) is 0.627. The zero-order valence-corrected chi connectivity index (χ0v) is 6.68. The van der Waals surface area contributed by atoms with Gasteiger partial charge in [-0.15, -0.1) is 0 Å². The number of H-pyrrole nitrogens is 1. The lowest BCUT2D eigenvalue weighted by atomic mass is 10.2. The molecule has 0 unspecified atom stereocenters. The molecule has 6 heteroatoms. The molecule has 0 aromatic carbocycles. The van der Waals surface area contributed by atoms with E-state index in [1.165, 1.54) is 6.20 Å². The van der Waals surface area contributed by atoms with Crippen molar-refractivity contribution >= 4 is 5.82 Å². The van der Waals surface area contributed by atoms with Gasteiger partial charge in [0.05, 0.1) is 0 Å². The van der Waals surface area contributed by atoms with Gasteiger partial charge in [-0.1, -0.05) is 0 Å². The third-order valence-corrected chi connectivity index (χ3v) is 1.67. The van der Waals surface area contributed by atoms with Crippen LogP contribution in [-0.4, -0.2) is 4.98 Å². The molecule has 1 rings (SSSR count). The van der Waals surface area contributed by atoms with Crippen LogP contribution < -0.4 is 16.9 Å². The summed E-state index contributed by atoms with van der Waals surface area (Å²) in [5.41, 5.74) is 8.95. The van der Waals surface area contributed by atoms with Gasteiger partial charge < -0.3 is 16.5 Å². The Kier molecular flexibility index (Phi) is 2.62. The van der Waals surface area contributed by atoms with Gasteiger partial charge in [-0.05, 0) is 0 Å². The zero-order chi connectivity index (χ0) is 10.0. The van der Waals surface area contributed by atoms with E-state index in [1.807, 2.05) is 0 Å². The van der Waals surface area contributed by atoms with Crippen LogP contribution in [0, 0.1) is 0 Å². The topological polar surface area (TPSA) is 84.9 Å². The minimum atomic E-state index is -2.88. The predicted octanol–water partition coefficient (Wildman–Crippen LogP) is 0.353. The molecule has 1 aromatic heterocycles.